The Morgan fingerprint density at radius 3 is 2.81 bits per heavy atom. The smallest absolute Gasteiger partial charge is 0.144 e. The molecule has 0 amide bonds. The topological polar surface area (TPSA) is 34.9 Å². The molecular weight excluding hydrogens is 280 g/mol. The van der Waals surface area contributed by atoms with Gasteiger partial charge in [0.25, 0.3) is 0 Å². The summed E-state index contributed by atoms with van der Waals surface area (Å²) in [7, 11) is 2.03. The predicted octanol–water partition coefficient (Wildman–Crippen LogP) is 3.61. The number of hydrogen-bond donors (Lipinski definition) is 0. The number of benzene rings is 1. The van der Waals surface area contributed by atoms with E-state index >= 15 is 0 Å². The lowest BCUT2D eigenvalue weighted by Gasteiger charge is -1.99. The molecule has 4 heteroatoms. The van der Waals surface area contributed by atoms with E-state index in [1.807, 2.05) is 20.2 Å². The highest BCUT2D eigenvalue weighted by atomic mass is 32.1. The molecule has 0 spiro atoms. The Bertz CT molecular complexity index is 813. The number of thiazole rings is 1. The van der Waals surface area contributed by atoms with Gasteiger partial charge < -0.3 is 4.57 Å². The summed E-state index contributed by atoms with van der Waals surface area (Å²) in [5.74, 6) is 0.220. The molecule has 0 atom stereocenters. The van der Waals surface area contributed by atoms with Gasteiger partial charge in [-0.3, -0.25) is 4.79 Å². The van der Waals surface area contributed by atoms with Crippen LogP contribution in [0.3, 0.4) is 0 Å². The summed E-state index contributed by atoms with van der Waals surface area (Å²) in [4.78, 5) is 17.7. The molecule has 0 saturated heterocycles. The lowest BCUT2D eigenvalue weighted by molar-refractivity contribution is -0.117. The van der Waals surface area contributed by atoms with Crippen LogP contribution in [0.2, 0.25) is 0 Å². The van der Waals surface area contributed by atoms with Crippen LogP contribution in [0.4, 0.5) is 0 Å². The van der Waals surface area contributed by atoms with Crippen molar-refractivity contribution in [3.8, 4) is 0 Å². The minimum Gasteiger partial charge on any atom is -0.350 e. The second-order valence-corrected chi connectivity index (χ2v) is 6.86. The number of aromatic nitrogens is 2. The largest absolute Gasteiger partial charge is 0.350 e. The van der Waals surface area contributed by atoms with Crippen molar-refractivity contribution in [2.75, 3.05) is 0 Å². The maximum absolute atomic E-state index is 12.3. The first-order valence-corrected chi connectivity index (χ1v) is 7.82. The van der Waals surface area contributed by atoms with Crippen molar-refractivity contribution >= 4 is 28.0 Å². The highest BCUT2D eigenvalue weighted by Crippen LogP contribution is 2.23. The van der Waals surface area contributed by atoms with Crippen LogP contribution in [0.25, 0.3) is 10.9 Å². The van der Waals surface area contributed by atoms with E-state index in [2.05, 4.69) is 40.9 Å². The van der Waals surface area contributed by atoms with Gasteiger partial charge in [-0.05, 0) is 31.0 Å². The van der Waals surface area contributed by atoms with Gasteiger partial charge in [-0.2, -0.15) is 0 Å². The standard InChI is InChI=1S/C17H18N2OS/c1-11-4-5-15-13(10-19(3)16(15)6-11)7-14(20)8-17-18-9-12(2)21-17/h4-6,9-10H,7-8H2,1-3H3. The first-order chi connectivity index (χ1) is 10.0. The van der Waals surface area contributed by atoms with Crippen molar-refractivity contribution in [3.05, 3.63) is 51.6 Å². The summed E-state index contributed by atoms with van der Waals surface area (Å²) in [6, 6.07) is 6.37. The number of carbonyl (C=O) groups is 1. The lowest BCUT2D eigenvalue weighted by Crippen LogP contribution is -2.06. The Morgan fingerprint density at radius 1 is 1.29 bits per heavy atom. The Balaban J connectivity index is 1.83. The molecule has 3 aromatic rings. The first kappa shape index (κ1) is 14.0. The van der Waals surface area contributed by atoms with E-state index in [-0.39, 0.29) is 5.78 Å². The van der Waals surface area contributed by atoms with Crippen LogP contribution in [0.15, 0.2) is 30.6 Å². The quantitative estimate of drug-likeness (QED) is 0.737. The molecule has 3 rings (SSSR count). The maximum Gasteiger partial charge on any atom is 0.144 e. The third-order valence-corrected chi connectivity index (χ3v) is 4.55. The van der Waals surface area contributed by atoms with Crippen LogP contribution in [0.5, 0.6) is 0 Å². The maximum atomic E-state index is 12.3. The Kier molecular flexibility index (Phi) is 3.64. The summed E-state index contributed by atoms with van der Waals surface area (Å²) in [5, 5.41) is 2.08. The van der Waals surface area contributed by atoms with Crippen molar-refractivity contribution in [1.82, 2.24) is 9.55 Å². The second kappa shape index (κ2) is 5.45. The van der Waals surface area contributed by atoms with Crippen LogP contribution < -0.4 is 0 Å². The van der Waals surface area contributed by atoms with E-state index in [4.69, 9.17) is 0 Å². The zero-order chi connectivity index (χ0) is 15.0. The minimum absolute atomic E-state index is 0.220. The van der Waals surface area contributed by atoms with Gasteiger partial charge in [-0.15, -0.1) is 11.3 Å². The summed E-state index contributed by atoms with van der Waals surface area (Å²) >= 11 is 1.60. The minimum atomic E-state index is 0.220. The Labute approximate surface area is 128 Å². The number of hydrogen-bond acceptors (Lipinski definition) is 3. The number of ketones is 1. The van der Waals surface area contributed by atoms with Crippen molar-refractivity contribution < 1.29 is 4.79 Å². The van der Waals surface area contributed by atoms with E-state index in [0.29, 0.717) is 12.8 Å². The summed E-state index contributed by atoms with van der Waals surface area (Å²) in [6.07, 6.45) is 4.79. The molecule has 0 radical (unpaired) electrons. The summed E-state index contributed by atoms with van der Waals surface area (Å²) < 4.78 is 2.10. The van der Waals surface area contributed by atoms with Crippen LogP contribution in [-0.4, -0.2) is 15.3 Å². The monoisotopic (exact) mass is 298 g/mol. The van der Waals surface area contributed by atoms with Gasteiger partial charge in [0, 0.05) is 41.6 Å². The van der Waals surface area contributed by atoms with Crippen LogP contribution >= 0.6 is 11.3 Å². The average molecular weight is 298 g/mol. The number of fused-ring (bicyclic) bond motifs is 1. The molecule has 0 unspecified atom stereocenters. The molecule has 2 aromatic heterocycles. The van der Waals surface area contributed by atoms with E-state index in [9.17, 15) is 4.79 Å². The Hall–Kier alpha value is -1.94. The van der Waals surface area contributed by atoms with Gasteiger partial charge in [0.2, 0.25) is 0 Å². The molecular formula is C17H18N2OS. The first-order valence-electron chi connectivity index (χ1n) is 7.00. The highest BCUT2D eigenvalue weighted by Gasteiger charge is 2.12. The second-order valence-electron chi connectivity index (χ2n) is 5.54. The van der Waals surface area contributed by atoms with Gasteiger partial charge in [0.05, 0.1) is 6.42 Å². The van der Waals surface area contributed by atoms with E-state index in [0.717, 1.165) is 15.4 Å². The van der Waals surface area contributed by atoms with Crippen LogP contribution in [0.1, 0.15) is 21.0 Å². The number of rotatable bonds is 4. The van der Waals surface area contributed by atoms with Gasteiger partial charge in [-0.1, -0.05) is 12.1 Å². The molecule has 21 heavy (non-hydrogen) atoms. The molecule has 108 valence electrons. The lowest BCUT2D eigenvalue weighted by atomic mass is 10.1. The number of aryl methyl sites for hydroxylation is 3. The van der Waals surface area contributed by atoms with E-state index in [1.54, 1.807) is 11.3 Å². The fourth-order valence-corrected chi connectivity index (χ4v) is 3.46. The molecule has 0 fully saturated rings. The van der Waals surface area contributed by atoms with Gasteiger partial charge >= 0.3 is 0 Å². The molecule has 0 aliphatic heterocycles. The highest BCUT2D eigenvalue weighted by molar-refractivity contribution is 7.11. The molecule has 0 bridgehead atoms. The molecule has 0 aliphatic rings. The zero-order valence-electron chi connectivity index (χ0n) is 12.5. The normalized spacial score (nSPS) is 11.2. The van der Waals surface area contributed by atoms with Crippen LogP contribution in [0, 0.1) is 13.8 Å². The summed E-state index contributed by atoms with van der Waals surface area (Å²) in [6.45, 7) is 4.10. The fraction of sp³-hybridized carbons (Fsp3) is 0.294. The fourth-order valence-electron chi connectivity index (χ4n) is 2.65. The van der Waals surface area contributed by atoms with Crippen molar-refractivity contribution in [1.29, 1.82) is 0 Å². The van der Waals surface area contributed by atoms with Gasteiger partial charge in [0.15, 0.2) is 0 Å². The predicted molar refractivity (Wildman–Crippen MR) is 86.9 cm³/mol. The molecule has 0 N–H and O–H groups in total. The molecule has 2 heterocycles. The summed E-state index contributed by atoms with van der Waals surface area (Å²) in [5.41, 5.74) is 3.52. The van der Waals surface area contributed by atoms with Crippen LogP contribution in [-0.2, 0) is 24.7 Å². The van der Waals surface area contributed by atoms with Gasteiger partial charge in [0.1, 0.15) is 10.8 Å². The SMILES string of the molecule is Cc1ccc2c(CC(=O)Cc3ncc(C)s3)cn(C)c2c1. The average Bonchev–Trinajstić information content (AvgIpc) is 2.94. The Morgan fingerprint density at radius 2 is 2.10 bits per heavy atom. The molecule has 1 aromatic carbocycles. The number of Topliss-reactive ketones (excluding diaryl/α,β-unsaturated/α-hetero) is 1. The van der Waals surface area contributed by atoms with Crippen molar-refractivity contribution in [3.63, 3.8) is 0 Å². The third-order valence-electron chi connectivity index (χ3n) is 3.63. The molecule has 0 saturated carbocycles. The van der Waals surface area contributed by atoms with Crippen molar-refractivity contribution in [2.24, 2.45) is 7.05 Å². The third kappa shape index (κ3) is 2.90. The van der Waals surface area contributed by atoms with E-state index in [1.165, 1.54) is 16.5 Å². The number of carbonyl (C=O) groups excluding carboxylic acids is 1. The molecule has 0 aliphatic carbocycles. The van der Waals surface area contributed by atoms with E-state index < -0.39 is 0 Å². The number of nitrogens with zero attached hydrogens (tertiary/aromatic N) is 2. The van der Waals surface area contributed by atoms with Crippen molar-refractivity contribution in [2.45, 2.75) is 26.7 Å². The van der Waals surface area contributed by atoms with Gasteiger partial charge in [-0.25, -0.2) is 4.98 Å². The zero-order valence-corrected chi connectivity index (χ0v) is 13.3. The molecule has 3 nitrogen and oxygen atoms in total.